The van der Waals surface area contributed by atoms with E-state index < -0.39 is 0 Å². The highest BCUT2D eigenvalue weighted by atomic mass is 15.2. The number of hydrogen-bond donors (Lipinski definition) is 1. The molecule has 2 bridgehead atoms. The Morgan fingerprint density at radius 2 is 2.00 bits per heavy atom. The van der Waals surface area contributed by atoms with Crippen LogP contribution in [0.3, 0.4) is 0 Å². The molecule has 1 aliphatic heterocycles. The van der Waals surface area contributed by atoms with Crippen LogP contribution in [0.5, 0.6) is 0 Å². The van der Waals surface area contributed by atoms with Crippen molar-refractivity contribution in [2.75, 3.05) is 20.1 Å². The fourth-order valence-corrected chi connectivity index (χ4v) is 4.38. The molecular formula is C19H24N2. The number of rotatable bonds is 4. The van der Waals surface area contributed by atoms with Crippen molar-refractivity contribution in [3.8, 4) is 0 Å². The quantitative estimate of drug-likeness (QED) is 0.921. The topological polar surface area (TPSA) is 15.3 Å². The average molecular weight is 280 g/mol. The molecule has 2 fully saturated rings. The van der Waals surface area contributed by atoms with E-state index in [1.165, 1.54) is 42.1 Å². The number of likely N-dealkylation sites (N-methyl/N-ethyl adjacent to an activating group) is 1. The summed E-state index contributed by atoms with van der Waals surface area (Å²) in [6.45, 7) is 2.46. The van der Waals surface area contributed by atoms with Gasteiger partial charge in [-0.1, -0.05) is 42.5 Å². The predicted molar refractivity (Wildman–Crippen MR) is 88.5 cm³/mol. The van der Waals surface area contributed by atoms with Crippen LogP contribution in [-0.4, -0.2) is 31.1 Å². The molecule has 0 spiro atoms. The Bertz CT molecular complexity index is 631. The third kappa shape index (κ3) is 2.37. The highest BCUT2D eigenvalue weighted by Gasteiger charge is 2.38. The number of piperidine rings is 1. The van der Waals surface area contributed by atoms with Crippen LogP contribution in [0.4, 0.5) is 0 Å². The summed E-state index contributed by atoms with van der Waals surface area (Å²) in [4.78, 5) is 2.72. The van der Waals surface area contributed by atoms with Gasteiger partial charge in [-0.05, 0) is 48.6 Å². The maximum absolute atomic E-state index is 3.56. The van der Waals surface area contributed by atoms with E-state index in [4.69, 9.17) is 0 Å². The van der Waals surface area contributed by atoms with Crippen molar-refractivity contribution in [1.29, 1.82) is 0 Å². The second-order valence-electron chi connectivity index (χ2n) is 6.70. The SMILES string of the molecule is CNC(CN1CC2CCC1C2)c1cccc2ccccc12. The Labute approximate surface area is 127 Å². The highest BCUT2D eigenvalue weighted by molar-refractivity contribution is 5.86. The molecule has 2 aromatic carbocycles. The summed E-state index contributed by atoms with van der Waals surface area (Å²) < 4.78 is 0. The molecule has 0 radical (unpaired) electrons. The van der Waals surface area contributed by atoms with Crippen LogP contribution in [0.1, 0.15) is 30.9 Å². The third-order valence-corrected chi connectivity index (χ3v) is 5.49. The zero-order valence-electron chi connectivity index (χ0n) is 12.8. The summed E-state index contributed by atoms with van der Waals surface area (Å²) in [5, 5.41) is 6.29. The minimum Gasteiger partial charge on any atom is -0.312 e. The lowest BCUT2D eigenvalue weighted by Crippen LogP contribution is -2.38. The molecule has 1 N–H and O–H groups in total. The van der Waals surface area contributed by atoms with Crippen LogP contribution in [0.25, 0.3) is 10.8 Å². The zero-order valence-corrected chi connectivity index (χ0v) is 12.8. The molecule has 3 atom stereocenters. The molecule has 110 valence electrons. The van der Waals surface area contributed by atoms with E-state index in [1.807, 2.05) is 0 Å². The molecule has 1 saturated heterocycles. The standard InChI is InChI=1S/C19H24N2/c1-20-19(13-21-12-14-9-10-16(21)11-14)18-8-4-6-15-5-2-3-7-17(15)18/h2-8,14,16,19-20H,9-13H2,1H3. The van der Waals surface area contributed by atoms with E-state index in [1.54, 1.807) is 0 Å². The molecule has 3 unspecified atom stereocenters. The van der Waals surface area contributed by atoms with Crippen molar-refractivity contribution >= 4 is 10.8 Å². The van der Waals surface area contributed by atoms with Crippen molar-refractivity contribution in [1.82, 2.24) is 10.2 Å². The lowest BCUT2D eigenvalue weighted by Gasteiger charge is -2.31. The van der Waals surface area contributed by atoms with Gasteiger partial charge < -0.3 is 5.32 Å². The van der Waals surface area contributed by atoms with Gasteiger partial charge in [-0.2, -0.15) is 0 Å². The van der Waals surface area contributed by atoms with Gasteiger partial charge in [0.15, 0.2) is 0 Å². The van der Waals surface area contributed by atoms with E-state index in [9.17, 15) is 0 Å². The van der Waals surface area contributed by atoms with Gasteiger partial charge in [0.2, 0.25) is 0 Å². The minimum absolute atomic E-state index is 0.426. The molecular weight excluding hydrogens is 256 g/mol. The number of nitrogens with one attached hydrogen (secondary N) is 1. The Morgan fingerprint density at radius 3 is 2.76 bits per heavy atom. The Morgan fingerprint density at radius 1 is 1.14 bits per heavy atom. The fourth-order valence-electron chi connectivity index (χ4n) is 4.38. The minimum atomic E-state index is 0.426. The van der Waals surface area contributed by atoms with E-state index in [2.05, 4.69) is 59.7 Å². The Balaban J connectivity index is 1.62. The molecule has 2 aromatic rings. The number of fused-ring (bicyclic) bond motifs is 3. The molecule has 1 heterocycles. The first kappa shape index (κ1) is 13.3. The van der Waals surface area contributed by atoms with Crippen LogP contribution in [0.2, 0.25) is 0 Å². The van der Waals surface area contributed by atoms with Gasteiger partial charge in [-0.15, -0.1) is 0 Å². The van der Waals surface area contributed by atoms with Gasteiger partial charge in [0.05, 0.1) is 0 Å². The van der Waals surface area contributed by atoms with E-state index in [0.717, 1.165) is 18.5 Å². The monoisotopic (exact) mass is 280 g/mol. The fraction of sp³-hybridized carbons (Fsp3) is 0.474. The number of likely N-dealkylation sites (tertiary alicyclic amines) is 1. The first-order valence-corrected chi connectivity index (χ1v) is 8.24. The summed E-state index contributed by atoms with van der Waals surface area (Å²) in [5.74, 6) is 0.972. The third-order valence-electron chi connectivity index (χ3n) is 5.49. The average Bonchev–Trinajstić information content (AvgIpc) is 3.15. The van der Waals surface area contributed by atoms with Crippen molar-refractivity contribution in [2.45, 2.75) is 31.3 Å². The Kier molecular flexibility index (Phi) is 3.44. The normalized spacial score (nSPS) is 26.5. The Hall–Kier alpha value is -1.38. The van der Waals surface area contributed by atoms with E-state index in [0.29, 0.717) is 6.04 Å². The van der Waals surface area contributed by atoms with Gasteiger partial charge in [-0.3, -0.25) is 4.90 Å². The molecule has 2 nitrogen and oxygen atoms in total. The van der Waals surface area contributed by atoms with Gasteiger partial charge >= 0.3 is 0 Å². The van der Waals surface area contributed by atoms with Crippen LogP contribution >= 0.6 is 0 Å². The second-order valence-corrected chi connectivity index (χ2v) is 6.70. The largest absolute Gasteiger partial charge is 0.312 e. The molecule has 2 aliphatic rings. The van der Waals surface area contributed by atoms with Gasteiger partial charge in [-0.25, -0.2) is 0 Å². The van der Waals surface area contributed by atoms with Crippen LogP contribution < -0.4 is 5.32 Å². The lowest BCUT2D eigenvalue weighted by molar-refractivity contribution is 0.194. The second kappa shape index (κ2) is 5.43. The number of nitrogens with zero attached hydrogens (tertiary/aromatic N) is 1. The van der Waals surface area contributed by atoms with Crippen LogP contribution in [0.15, 0.2) is 42.5 Å². The van der Waals surface area contributed by atoms with Crippen molar-refractivity contribution in [3.05, 3.63) is 48.0 Å². The maximum atomic E-state index is 3.56. The molecule has 1 saturated carbocycles. The van der Waals surface area contributed by atoms with Crippen molar-refractivity contribution < 1.29 is 0 Å². The molecule has 0 aromatic heterocycles. The van der Waals surface area contributed by atoms with Gasteiger partial charge in [0.25, 0.3) is 0 Å². The maximum Gasteiger partial charge on any atom is 0.0453 e. The molecule has 1 aliphatic carbocycles. The summed E-state index contributed by atoms with van der Waals surface area (Å²) in [6.07, 6.45) is 4.31. The van der Waals surface area contributed by atoms with Crippen LogP contribution in [-0.2, 0) is 0 Å². The zero-order chi connectivity index (χ0) is 14.2. The lowest BCUT2D eigenvalue weighted by atomic mass is 9.98. The van der Waals surface area contributed by atoms with Crippen molar-refractivity contribution in [3.63, 3.8) is 0 Å². The summed E-state index contributed by atoms with van der Waals surface area (Å²) >= 11 is 0. The molecule has 4 rings (SSSR count). The summed E-state index contributed by atoms with van der Waals surface area (Å²) in [6, 6.07) is 16.7. The van der Waals surface area contributed by atoms with E-state index in [-0.39, 0.29) is 0 Å². The van der Waals surface area contributed by atoms with E-state index >= 15 is 0 Å². The predicted octanol–water partition coefficient (Wildman–Crippen LogP) is 3.58. The molecule has 2 heteroatoms. The number of benzene rings is 2. The molecule has 21 heavy (non-hydrogen) atoms. The smallest absolute Gasteiger partial charge is 0.0453 e. The summed E-state index contributed by atoms with van der Waals surface area (Å²) in [7, 11) is 2.10. The first-order chi connectivity index (χ1) is 10.3. The summed E-state index contributed by atoms with van der Waals surface area (Å²) in [5.41, 5.74) is 1.44. The first-order valence-electron chi connectivity index (χ1n) is 8.24. The molecule has 0 amide bonds. The van der Waals surface area contributed by atoms with Crippen molar-refractivity contribution in [2.24, 2.45) is 5.92 Å². The van der Waals surface area contributed by atoms with Crippen LogP contribution in [0, 0.1) is 5.92 Å². The number of hydrogen-bond acceptors (Lipinski definition) is 2. The highest BCUT2D eigenvalue weighted by Crippen LogP contribution is 2.38. The van der Waals surface area contributed by atoms with Gasteiger partial charge in [0, 0.05) is 25.2 Å². The van der Waals surface area contributed by atoms with Gasteiger partial charge in [0.1, 0.15) is 0 Å².